The number of carbonyl (C=O) groups is 2. The van der Waals surface area contributed by atoms with Gasteiger partial charge in [0.25, 0.3) is 0 Å². The summed E-state index contributed by atoms with van der Waals surface area (Å²) in [5.74, 6) is -0.383. The Kier molecular flexibility index (Phi) is 5.65. The molecule has 5 nitrogen and oxygen atoms in total. The average Bonchev–Trinajstić information content (AvgIpc) is 3.01. The lowest BCUT2D eigenvalue weighted by Crippen LogP contribution is -2.44. The van der Waals surface area contributed by atoms with Gasteiger partial charge in [-0.3, -0.25) is 4.90 Å². The fraction of sp³-hybridized carbons (Fsp3) is 0.474. The number of esters is 1. The molecule has 0 aromatic heterocycles. The summed E-state index contributed by atoms with van der Waals surface area (Å²) < 4.78 is 10.7. The Labute approximate surface area is 143 Å². The summed E-state index contributed by atoms with van der Waals surface area (Å²) in [5.41, 5.74) is 1.33. The quantitative estimate of drug-likeness (QED) is 0.788. The van der Waals surface area contributed by atoms with Gasteiger partial charge < -0.3 is 9.47 Å². The fourth-order valence-electron chi connectivity index (χ4n) is 2.55. The maximum atomic E-state index is 12.3. The SMILES string of the molecule is C=Cc1ccc(COC(=O)C2CCCN2C(=O)OC(C)(C)C)cc1. The minimum Gasteiger partial charge on any atom is -0.459 e. The molecule has 1 unspecified atom stereocenters. The highest BCUT2D eigenvalue weighted by Crippen LogP contribution is 2.22. The van der Waals surface area contributed by atoms with Gasteiger partial charge in [-0.25, -0.2) is 9.59 Å². The molecule has 0 aliphatic carbocycles. The van der Waals surface area contributed by atoms with Crippen LogP contribution in [0.5, 0.6) is 0 Å². The van der Waals surface area contributed by atoms with Crippen LogP contribution in [-0.2, 0) is 20.9 Å². The molecule has 130 valence electrons. The Hall–Kier alpha value is -2.30. The van der Waals surface area contributed by atoms with Crippen LogP contribution in [0.3, 0.4) is 0 Å². The normalized spacial score (nSPS) is 17.5. The van der Waals surface area contributed by atoms with E-state index in [2.05, 4.69) is 6.58 Å². The lowest BCUT2D eigenvalue weighted by Gasteiger charge is -2.27. The van der Waals surface area contributed by atoms with Crippen molar-refractivity contribution in [2.24, 2.45) is 0 Å². The molecule has 0 saturated carbocycles. The van der Waals surface area contributed by atoms with Gasteiger partial charge in [0.05, 0.1) is 0 Å². The molecule has 24 heavy (non-hydrogen) atoms. The van der Waals surface area contributed by atoms with Crippen LogP contribution in [0.2, 0.25) is 0 Å². The van der Waals surface area contributed by atoms with E-state index in [9.17, 15) is 9.59 Å². The standard InChI is InChI=1S/C19H25NO4/c1-5-14-8-10-15(11-9-14)13-23-17(21)16-7-6-12-20(16)18(22)24-19(2,3)4/h5,8-11,16H,1,6-7,12-13H2,2-4H3. The van der Waals surface area contributed by atoms with Crippen molar-refractivity contribution in [3.05, 3.63) is 42.0 Å². The molecule has 1 heterocycles. The zero-order chi connectivity index (χ0) is 17.7. The highest BCUT2D eigenvalue weighted by Gasteiger charge is 2.37. The molecule has 1 amide bonds. The van der Waals surface area contributed by atoms with Crippen molar-refractivity contribution >= 4 is 18.1 Å². The second-order valence-electron chi connectivity index (χ2n) is 6.89. The first-order valence-corrected chi connectivity index (χ1v) is 8.18. The van der Waals surface area contributed by atoms with E-state index in [1.54, 1.807) is 26.8 Å². The average molecular weight is 331 g/mol. The molecule has 1 aromatic carbocycles. The van der Waals surface area contributed by atoms with Gasteiger partial charge >= 0.3 is 12.1 Å². The van der Waals surface area contributed by atoms with Gasteiger partial charge in [0.1, 0.15) is 18.2 Å². The first-order valence-electron chi connectivity index (χ1n) is 8.18. The monoisotopic (exact) mass is 331 g/mol. The summed E-state index contributed by atoms with van der Waals surface area (Å²) in [6, 6.07) is 7.06. The number of ether oxygens (including phenoxy) is 2. The Morgan fingerprint density at radius 1 is 1.29 bits per heavy atom. The van der Waals surface area contributed by atoms with Crippen molar-refractivity contribution in [2.45, 2.75) is 51.9 Å². The third-order valence-corrected chi connectivity index (χ3v) is 3.75. The van der Waals surface area contributed by atoms with Gasteiger partial charge in [-0.05, 0) is 44.7 Å². The number of hydrogen-bond donors (Lipinski definition) is 0. The predicted molar refractivity (Wildman–Crippen MR) is 92.3 cm³/mol. The molecule has 1 aliphatic heterocycles. The third kappa shape index (κ3) is 4.85. The van der Waals surface area contributed by atoms with Crippen molar-refractivity contribution in [1.82, 2.24) is 4.90 Å². The maximum absolute atomic E-state index is 12.3. The fourth-order valence-corrected chi connectivity index (χ4v) is 2.55. The number of nitrogens with zero attached hydrogens (tertiary/aromatic N) is 1. The second-order valence-corrected chi connectivity index (χ2v) is 6.89. The van der Waals surface area contributed by atoms with Crippen molar-refractivity contribution < 1.29 is 19.1 Å². The number of rotatable bonds is 4. The topological polar surface area (TPSA) is 55.8 Å². The van der Waals surface area contributed by atoms with Crippen molar-refractivity contribution in [2.75, 3.05) is 6.54 Å². The molecule has 1 aliphatic rings. The van der Waals surface area contributed by atoms with Crippen LogP contribution in [0.25, 0.3) is 6.08 Å². The lowest BCUT2D eigenvalue weighted by molar-refractivity contribution is -0.150. The molecule has 5 heteroatoms. The van der Waals surface area contributed by atoms with Crippen LogP contribution in [0.4, 0.5) is 4.79 Å². The zero-order valence-corrected chi connectivity index (χ0v) is 14.6. The van der Waals surface area contributed by atoms with Gasteiger partial charge in [0.2, 0.25) is 0 Å². The molecule has 1 atom stereocenters. The molecular weight excluding hydrogens is 306 g/mol. The van der Waals surface area contributed by atoms with Gasteiger partial charge in [-0.15, -0.1) is 0 Å². The van der Waals surface area contributed by atoms with Gasteiger partial charge in [0.15, 0.2) is 0 Å². The van der Waals surface area contributed by atoms with Crippen LogP contribution in [0.15, 0.2) is 30.8 Å². The van der Waals surface area contributed by atoms with Crippen molar-refractivity contribution in [3.63, 3.8) is 0 Å². The van der Waals surface area contributed by atoms with Crippen LogP contribution in [0.1, 0.15) is 44.7 Å². The summed E-state index contributed by atoms with van der Waals surface area (Å²) in [5, 5.41) is 0. The molecular formula is C19H25NO4. The molecule has 1 aromatic rings. The predicted octanol–water partition coefficient (Wildman–Crippen LogP) is 3.77. The van der Waals surface area contributed by atoms with E-state index >= 15 is 0 Å². The number of hydrogen-bond acceptors (Lipinski definition) is 4. The molecule has 2 rings (SSSR count). The number of carbonyl (C=O) groups excluding carboxylic acids is 2. The lowest BCUT2D eigenvalue weighted by atomic mass is 10.1. The van der Waals surface area contributed by atoms with Crippen LogP contribution in [0, 0.1) is 0 Å². The zero-order valence-electron chi connectivity index (χ0n) is 14.6. The molecule has 0 spiro atoms. The van der Waals surface area contributed by atoms with Crippen molar-refractivity contribution in [1.29, 1.82) is 0 Å². The third-order valence-electron chi connectivity index (χ3n) is 3.75. The van der Waals surface area contributed by atoms with Crippen LogP contribution < -0.4 is 0 Å². The minimum atomic E-state index is -0.582. The summed E-state index contributed by atoms with van der Waals surface area (Å²) in [4.78, 5) is 26.0. The van der Waals surface area contributed by atoms with Gasteiger partial charge in [-0.2, -0.15) is 0 Å². The van der Waals surface area contributed by atoms with Gasteiger partial charge in [-0.1, -0.05) is 36.9 Å². The highest BCUT2D eigenvalue weighted by atomic mass is 16.6. The van der Waals surface area contributed by atoms with E-state index in [0.717, 1.165) is 17.5 Å². The second kappa shape index (κ2) is 7.51. The van der Waals surface area contributed by atoms with Gasteiger partial charge in [0, 0.05) is 6.54 Å². The Balaban J connectivity index is 1.92. The summed E-state index contributed by atoms with van der Waals surface area (Å²) in [7, 11) is 0. The molecule has 0 radical (unpaired) electrons. The number of amides is 1. The van der Waals surface area contributed by atoms with E-state index in [1.165, 1.54) is 4.90 Å². The van der Waals surface area contributed by atoms with E-state index in [4.69, 9.17) is 9.47 Å². The Morgan fingerprint density at radius 3 is 2.54 bits per heavy atom. The number of likely N-dealkylation sites (tertiary alicyclic amines) is 1. The van der Waals surface area contributed by atoms with Crippen molar-refractivity contribution in [3.8, 4) is 0 Å². The van der Waals surface area contributed by atoms with E-state index < -0.39 is 17.7 Å². The largest absolute Gasteiger partial charge is 0.459 e. The molecule has 0 N–H and O–H groups in total. The number of benzene rings is 1. The first-order chi connectivity index (χ1) is 11.3. The summed E-state index contributed by atoms with van der Waals surface area (Å²) in [6.07, 6.45) is 2.67. The molecule has 1 saturated heterocycles. The smallest absolute Gasteiger partial charge is 0.411 e. The van der Waals surface area contributed by atoms with E-state index in [0.29, 0.717) is 13.0 Å². The Morgan fingerprint density at radius 2 is 1.96 bits per heavy atom. The maximum Gasteiger partial charge on any atom is 0.411 e. The first kappa shape index (κ1) is 18.0. The van der Waals surface area contributed by atoms with E-state index in [-0.39, 0.29) is 12.6 Å². The molecule has 0 bridgehead atoms. The Bertz CT molecular complexity index is 601. The van der Waals surface area contributed by atoms with Crippen LogP contribution in [-0.4, -0.2) is 35.2 Å². The summed E-state index contributed by atoms with van der Waals surface area (Å²) in [6.45, 7) is 9.83. The molecule has 1 fully saturated rings. The van der Waals surface area contributed by atoms with E-state index in [1.807, 2.05) is 24.3 Å². The highest BCUT2D eigenvalue weighted by molar-refractivity contribution is 5.82. The van der Waals surface area contributed by atoms with Crippen LogP contribution >= 0.6 is 0 Å². The minimum absolute atomic E-state index is 0.189. The summed E-state index contributed by atoms with van der Waals surface area (Å²) >= 11 is 0.